The number of rotatable bonds is 12. The third-order valence-electron chi connectivity index (χ3n) is 3.12. The van der Waals surface area contributed by atoms with Gasteiger partial charge in [-0.3, -0.25) is 0 Å². The minimum absolute atomic E-state index is 0.619. The standard InChI is InChI=1S/C18H28O3/c1-3-4-11-19-13-15-21-16-14-20-12-10-17(2)18-8-6-5-7-9-18/h5-10H,3-4,11-16H2,1-2H3/b17-10+. The van der Waals surface area contributed by atoms with Gasteiger partial charge < -0.3 is 14.2 Å². The van der Waals surface area contributed by atoms with Crippen LogP contribution in [0.1, 0.15) is 32.3 Å². The first-order valence-electron chi connectivity index (χ1n) is 7.80. The van der Waals surface area contributed by atoms with E-state index in [1.54, 1.807) is 0 Å². The Morgan fingerprint density at radius 1 is 0.905 bits per heavy atom. The van der Waals surface area contributed by atoms with E-state index in [0.717, 1.165) is 13.0 Å². The molecular formula is C18H28O3. The lowest BCUT2D eigenvalue weighted by molar-refractivity contribution is 0.0190. The molecule has 0 saturated heterocycles. The van der Waals surface area contributed by atoms with Gasteiger partial charge in [0.25, 0.3) is 0 Å². The highest BCUT2D eigenvalue weighted by Gasteiger charge is 1.94. The van der Waals surface area contributed by atoms with Gasteiger partial charge in [0.15, 0.2) is 0 Å². The van der Waals surface area contributed by atoms with Gasteiger partial charge in [-0.15, -0.1) is 0 Å². The number of ether oxygens (including phenoxy) is 3. The summed E-state index contributed by atoms with van der Waals surface area (Å²) in [6.07, 6.45) is 4.39. The fourth-order valence-corrected chi connectivity index (χ4v) is 1.77. The molecule has 0 aromatic heterocycles. The second-order valence-electron chi connectivity index (χ2n) is 4.91. The van der Waals surface area contributed by atoms with Gasteiger partial charge in [-0.25, -0.2) is 0 Å². The van der Waals surface area contributed by atoms with E-state index in [2.05, 4.69) is 32.1 Å². The van der Waals surface area contributed by atoms with E-state index in [9.17, 15) is 0 Å². The molecule has 0 aliphatic carbocycles. The topological polar surface area (TPSA) is 27.7 Å². The molecule has 0 N–H and O–H groups in total. The normalized spacial score (nSPS) is 11.8. The summed E-state index contributed by atoms with van der Waals surface area (Å²) in [4.78, 5) is 0. The molecule has 21 heavy (non-hydrogen) atoms. The van der Waals surface area contributed by atoms with Crippen molar-refractivity contribution in [2.24, 2.45) is 0 Å². The maximum Gasteiger partial charge on any atom is 0.0704 e. The molecule has 0 saturated carbocycles. The number of allylic oxidation sites excluding steroid dienone is 1. The molecule has 0 aliphatic rings. The molecule has 0 unspecified atom stereocenters. The van der Waals surface area contributed by atoms with E-state index in [4.69, 9.17) is 14.2 Å². The fourth-order valence-electron chi connectivity index (χ4n) is 1.77. The van der Waals surface area contributed by atoms with E-state index >= 15 is 0 Å². The molecular weight excluding hydrogens is 264 g/mol. The first kappa shape index (κ1) is 17.9. The molecule has 3 nitrogen and oxygen atoms in total. The van der Waals surface area contributed by atoms with Gasteiger partial charge in [-0.1, -0.05) is 49.8 Å². The summed E-state index contributed by atoms with van der Waals surface area (Å²) in [7, 11) is 0. The van der Waals surface area contributed by atoms with Gasteiger partial charge in [0.05, 0.1) is 33.0 Å². The number of unbranched alkanes of at least 4 members (excludes halogenated alkanes) is 1. The summed E-state index contributed by atoms with van der Waals surface area (Å²) >= 11 is 0. The van der Waals surface area contributed by atoms with Gasteiger partial charge >= 0.3 is 0 Å². The third-order valence-corrected chi connectivity index (χ3v) is 3.12. The number of benzene rings is 1. The van der Waals surface area contributed by atoms with Crippen LogP contribution < -0.4 is 0 Å². The molecule has 0 spiro atoms. The maximum absolute atomic E-state index is 5.53. The summed E-state index contributed by atoms with van der Waals surface area (Å²) < 4.78 is 16.4. The Labute approximate surface area is 128 Å². The van der Waals surface area contributed by atoms with E-state index in [1.807, 2.05) is 18.2 Å². The predicted octanol–water partition coefficient (Wildman–Crippen LogP) is 3.94. The van der Waals surface area contributed by atoms with Crippen LogP contribution >= 0.6 is 0 Å². The van der Waals surface area contributed by atoms with Crippen LogP contribution in [-0.2, 0) is 14.2 Å². The zero-order chi connectivity index (χ0) is 15.2. The van der Waals surface area contributed by atoms with Crippen molar-refractivity contribution >= 4 is 5.57 Å². The van der Waals surface area contributed by atoms with Gasteiger partial charge in [-0.2, -0.15) is 0 Å². The second-order valence-corrected chi connectivity index (χ2v) is 4.91. The molecule has 0 bridgehead atoms. The first-order valence-corrected chi connectivity index (χ1v) is 7.80. The van der Waals surface area contributed by atoms with Crippen molar-refractivity contribution in [1.29, 1.82) is 0 Å². The van der Waals surface area contributed by atoms with Crippen LogP contribution in [-0.4, -0.2) is 39.6 Å². The summed E-state index contributed by atoms with van der Waals surface area (Å²) in [6, 6.07) is 10.3. The molecule has 3 heteroatoms. The molecule has 118 valence electrons. The molecule has 0 heterocycles. The Kier molecular flexibility index (Phi) is 10.7. The Bertz CT molecular complexity index is 373. The van der Waals surface area contributed by atoms with Crippen molar-refractivity contribution in [1.82, 2.24) is 0 Å². The minimum atomic E-state index is 0.619. The van der Waals surface area contributed by atoms with Crippen LogP contribution in [0.4, 0.5) is 0 Å². The lowest BCUT2D eigenvalue weighted by Gasteiger charge is -2.06. The van der Waals surface area contributed by atoms with Crippen LogP contribution in [0.3, 0.4) is 0 Å². The molecule has 0 radical (unpaired) electrons. The van der Waals surface area contributed by atoms with E-state index < -0.39 is 0 Å². The molecule has 1 rings (SSSR count). The quantitative estimate of drug-likeness (QED) is 0.546. The van der Waals surface area contributed by atoms with Crippen LogP contribution in [0.5, 0.6) is 0 Å². The lowest BCUT2D eigenvalue weighted by Crippen LogP contribution is -2.09. The molecule has 1 aromatic carbocycles. The third kappa shape index (κ3) is 9.40. The van der Waals surface area contributed by atoms with Gasteiger partial charge in [0, 0.05) is 6.61 Å². The lowest BCUT2D eigenvalue weighted by atomic mass is 10.1. The van der Waals surface area contributed by atoms with Gasteiger partial charge in [0.2, 0.25) is 0 Å². The zero-order valence-electron chi connectivity index (χ0n) is 13.3. The fraction of sp³-hybridized carbons (Fsp3) is 0.556. The van der Waals surface area contributed by atoms with Crippen LogP contribution in [0.2, 0.25) is 0 Å². The van der Waals surface area contributed by atoms with E-state index in [1.165, 1.54) is 17.6 Å². The summed E-state index contributed by atoms with van der Waals surface area (Å²) in [6.45, 7) is 8.27. The zero-order valence-corrected chi connectivity index (χ0v) is 13.3. The smallest absolute Gasteiger partial charge is 0.0704 e. The highest BCUT2D eigenvalue weighted by molar-refractivity contribution is 5.63. The maximum atomic E-state index is 5.53. The Hall–Kier alpha value is -1.16. The molecule has 0 atom stereocenters. The summed E-state index contributed by atoms with van der Waals surface area (Å²) in [5.41, 5.74) is 2.47. The Balaban J connectivity index is 1.95. The van der Waals surface area contributed by atoms with Crippen LogP contribution in [0, 0.1) is 0 Å². The minimum Gasteiger partial charge on any atom is -0.379 e. The SMILES string of the molecule is CCCCOCCOCCOC/C=C(\C)c1ccccc1. The largest absolute Gasteiger partial charge is 0.379 e. The van der Waals surface area contributed by atoms with Crippen molar-refractivity contribution in [3.05, 3.63) is 42.0 Å². The van der Waals surface area contributed by atoms with Crippen molar-refractivity contribution in [2.75, 3.05) is 39.6 Å². The van der Waals surface area contributed by atoms with Crippen molar-refractivity contribution in [3.63, 3.8) is 0 Å². The van der Waals surface area contributed by atoms with Crippen molar-refractivity contribution < 1.29 is 14.2 Å². The molecule has 0 fully saturated rings. The van der Waals surface area contributed by atoms with Crippen molar-refractivity contribution in [2.45, 2.75) is 26.7 Å². The Morgan fingerprint density at radius 3 is 2.19 bits per heavy atom. The average Bonchev–Trinajstić information content (AvgIpc) is 2.53. The first-order chi connectivity index (χ1) is 10.3. The highest BCUT2D eigenvalue weighted by atomic mass is 16.5. The van der Waals surface area contributed by atoms with E-state index in [0.29, 0.717) is 33.0 Å². The predicted molar refractivity (Wildman–Crippen MR) is 87.5 cm³/mol. The highest BCUT2D eigenvalue weighted by Crippen LogP contribution is 2.11. The average molecular weight is 292 g/mol. The van der Waals surface area contributed by atoms with Crippen molar-refractivity contribution in [3.8, 4) is 0 Å². The second kappa shape index (κ2) is 12.6. The van der Waals surface area contributed by atoms with Crippen LogP contribution in [0.25, 0.3) is 5.57 Å². The summed E-state index contributed by atoms with van der Waals surface area (Å²) in [5, 5.41) is 0. The molecule has 0 amide bonds. The number of hydrogen-bond acceptors (Lipinski definition) is 3. The van der Waals surface area contributed by atoms with E-state index in [-0.39, 0.29) is 0 Å². The van der Waals surface area contributed by atoms with Crippen LogP contribution in [0.15, 0.2) is 36.4 Å². The van der Waals surface area contributed by atoms with Gasteiger partial charge in [0.1, 0.15) is 0 Å². The summed E-state index contributed by atoms with van der Waals surface area (Å²) in [5.74, 6) is 0. The molecule has 0 aliphatic heterocycles. The Morgan fingerprint density at radius 2 is 1.52 bits per heavy atom. The number of hydrogen-bond donors (Lipinski definition) is 0. The molecule has 1 aromatic rings. The monoisotopic (exact) mass is 292 g/mol. The van der Waals surface area contributed by atoms with Gasteiger partial charge in [-0.05, 0) is 24.5 Å².